The Morgan fingerprint density at radius 2 is 2.24 bits per heavy atom. The predicted octanol–water partition coefficient (Wildman–Crippen LogP) is 0.195. The second kappa shape index (κ2) is 5.10. The van der Waals surface area contributed by atoms with Gasteiger partial charge in [-0.05, 0) is 13.1 Å². The zero-order valence-corrected chi connectivity index (χ0v) is 12.5. The molecule has 1 spiro atoms. The fourth-order valence-electron chi connectivity index (χ4n) is 3.85. The van der Waals surface area contributed by atoms with E-state index in [1.807, 2.05) is 6.08 Å². The van der Waals surface area contributed by atoms with E-state index in [4.69, 9.17) is 4.74 Å². The topological polar surface area (TPSA) is 70.1 Å². The fourth-order valence-corrected chi connectivity index (χ4v) is 3.85. The number of carboxylic acid groups (broad SMARTS) is 1. The van der Waals surface area contributed by atoms with E-state index < -0.39 is 29.5 Å². The number of fused-ring (bicyclic) bond motifs is 1. The Labute approximate surface area is 124 Å². The number of hydrogen-bond donors (Lipinski definition) is 1. The van der Waals surface area contributed by atoms with Gasteiger partial charge in [0.25, 0.3) is 0 Å². The summed E-state index contributed by atoms with van der Waals surface area (Å²) in [6, 6.07) is 0. The van der Waals surface area contributed by atoms with Crippen molar-refractivity contribution in [1.29, 1.82) is 0 Å². The van der Waals surface area contributed by atoms with Gasteiger partial charge in [-0.3, -0.25) is 9.59 Å². The molecule has 0 unspecified atom stereocenters. The highest BCUT2D eigenvalue weighted by Crippen LogP contribution is 2.51. The molecule has 4 atom stereocenters. The van der Waals surface area contributed by atoms with Crippen molar-refractivity contribution < 1.29 is 19.4 Å². The number of carbonyl (C=O) groups is 2. The smallest absolute Gasteiger partial charge is 0.310 e. The minimum absolute atomic E-state index is 0.0681. The maximum atomic E-state index is 12.6. The molecule has 1 N–H and O–H groups in total. The first kappa shape index (κ1) is 14.5. The Hall–Kier alpha value is -1.40. The molecule has 116 valence electrons. The van der Waals surface area contributed by atoms with Crippen LogP contribution in [0.4, 0.5) is 0 Å². The van der Waals surface area contributed by atoms with Crippen LogP contribution in [-0.4, -0.2) is 71.2 Å². The summed E-state index contributed by atoms with van der Waals surface area (Å²) >= 11 is 0. The van der Waals surface area contributed by atoms with Crippen LogP contribution in [0.1, 0.15) is 13.8 Å². The van der Waals surface area contributed by atoms with Crippen molar-refractivity contribution >= 4 is 11.9 Å². The second-order valence-corrected chi connectivity index (χ2v) is 6.02. The lowest BCUT2D eigenvalue weighted by Crippen LogP contribution is -2.40. The number of aliphatic carboxylic acids is 1. The lowest BCUT2D eigenvalue weighted by Gasteiger charge is -2.24. The molecule has 0 aliphatic carbocycles. The Morgan fingerprint density at radius 1 is 1.52 bits per heavy atom. The van der Waals surface area contributed by atoms with Crippen molar-refractivity contribution in [2.75, 3.05) is 32.7 Å². The third kappa shape index (κ3) is 2.08. The van der Waals surface area contributed by atoms with Crippen LogP contribution in [0.2, 0.25) is 0 Å². The first-order chi connectivity index (χ1) is 10.0. The van der Waals surface area contributed by atoms with Gasteiger partial charge in [-0.15, -0.1) is 0 Å². The zero-order chi connectivity index (χ0) is 15.2. The molecule has 3 heterocycles. The zero-order valence-electron chi connectivity index (χ0n) is 12.5. The molecule has 3 aliphatic rings. The molecular weight excluding hydrogens is 272 g/mol. The van der Waals surface area contributed by atoms with Crippen LogP contribution in [0, 0.1) is 11.8 Å². The molecule has 2 bridgehead atoms. The summed E-state index contributed by atoms with van der Waals surface area (Å²) in [5.41, 5.74) is -0.700. The number of likely N-dealkylation sites (tertiary alicyclic amines) is 1. The molecule has 3 aliphatic heterocycles. The third-order valence-electron chi connectivity index (χ3n) is 5.04. The monoisotopic (exact) mass is 294 g/mol. The molecular formula is C15H22N2O4. The minimum Gasteiger partial charge on any atom is -0.481 e. The summed E-state index contributed by atoms with van der Waals surface area (Å²) in [6.45, 7) is 8.01. The molecule has 21 heavy (non-hydrogen) atoms. The standard InChI is InChI=1S/C15H22N2O4/c1-3-16(4-2)7-8-17-9-15-6-5-10(21-15)11(14(19)20)12(15)13(17)18/h5-6,10-12H,3-4,7-9H2,1-2H3,(H,19,20)/t10-,11-,12+,15-/m1/s1. The van der Waals surface area contributed by atoms with Crippen molar-refractivity contribution in [1.82, 2.24) is 9.80 Å². The van der Waals surface area contributed by atoms with Crippen molar-refractivity contribution in [3.63, 3.8) is 0 Å². The summed E-state index contributed by atoms with van der Waals surface area (Å²) in [7, 11) is 0. The van der Waals surface area contributed by atoms with Gasteiger partial charge in [0.2, 0.25) is 5.91 Å². The minimum atomic E-state index is -0.935. The Kier molecular flexibility index (Phi) is 3.53. The number of amides is 1. The maximum absolute atomic E-state index is 12.6. The quantitative estimate of drug-likeness (QED) is 0.708. The molecule has 2 fully saturated rings. The first-order valence-electron chi connectivity index (χ1n) is 7.63. The van der Waals surface area contributed by atoms with Crippen molar-refractivity contribution in [2.24, 2.45) is 11.8 Å². The number of carboxylic acids is 1. The van der Waals surface area contributed by atoms with Gasteiger partial charge in [0, 0.05) is 13.1 Å². The maximum Gasteiger partial charge on any atom is 0.310 e. The van der Waals surface area contributed by atoms with Gasteiger partial charge in [-0.25, -0.2) is 0 Å². The number of hydrogen-bond acceptors (Lipinski definition) is 4. The van der Waals surface area contributed by atoms with Crippen LogP contribution in [0.25, 0.3) is 0 Å². The van der Waals surface area contributed by atoms with E-state index in [1.54, 1.807) is 11.0 Å². The molecule has 0 aromatic heterocycles. The molecule has 1 amide bonds. The highest BCUT2D eigenvalue weighted by molar-refractivity contribution is 5.90. The van der Waals surface area contributed by atoms with Gasteiger partial charge in [0.05, 0.1) is 18.6 Å². The molecule has 0 radical (unpaired) electrons. The lowest BCUT2D eigenvalue weighted by atomic mass is 9.77. The van der Waals surface area contributed by atoms with Gasteiger partial charge in [-0.2, -0.15) is 0 Å². The third-order valence-corrected chi connectivity index (χ3v) is 5.04. The van der Waals surface area contributed by atoms with Gasteiger partial charge in [0.1, 0.15) is 11.5 Å². The normalized spacial score (nSPS) is 36.8. The van der Waals surface area contributed by atoms with E-state index in [0.717, 1.165) is 19.6 Å². The predicted molar refractivity (Wildman–Crippen MR) is 75.7 cm³/mol. The summed E-state index contributed by atoms with van der Waals surface area (Å²) in [4.78, 5) is 28.1. The average molecular weight is 294 g/mol. The Bertz CT molecular complexity index is 488. The van der Waals surface area contributed by atoms with Crippen LogP contribution in [0.5, 0.6) is 0 Å². The molecule has 6 nitrogen and oxygen atoms in total. The molecule has 0 saturated carbocycles. The molecule has 3 rings (SSSR count). The number of ether oxygens (including phenoxy) is 1. The van der Waals surface area contributed by atoms with Crippen molar-refractivity contribution in [2.45, 2.75) is 25.6 Å². The van der Waals surface area contributed by atoms with Crippen molar-refractivity contribution in [3.8, 4) is 0 Å². The van der Waals surface area contributed by atoms with Gasteiger partial charge in [0.15, 0.2) is 0 Å². The summed E-state index contributed by atoms with van der Waals surface area (Å²) in [5.74, 6) is -2.29. The molecule has 2 saturated heterocycles. The van der Waals surface area contributed by atoms with Gasteiger partial charge >= 0.3 is 5.97 Å². The average Bonchev–Trinajstić information content (AvgIpc) is 3.08. The molecule has 0 aromatic carbocycles. The number of likely N-dealkylation sites (N-methyl/N-ethyl adjacent to an activating group) is 1. The Morgan fingerprint density at radius 3 is 2.86 bits per heavy atom. The molecule has 6 heteroatoms. The van der Waals surface area contributed by atoms with E-state index in [1.165, 1.54) is 0 Å². The van der Waals surface area contributed by atoms with Crippen LogP contribution < -0.4 is 0 Å². The fraction of sp³-hybridized carbons (Fsp3) is 0.733. The van der Waals surface area contributed by atoms with E-state index in [0.29, 0.717) is 13.1 Å². The van der Waals surface area contributed by atoms with Gasteiger partial charge in [-0.1, -0.05) is 26.0 Å². The SMILES string of the molecule is CCN(CC)CCN1C[C@@]23C=C[C@@H](O2)[C@@H](C(=O)O)[C@H]3C1=O. The highest BCUT2D eigenvalue weighted by Gasteiger charge is 2.66. The number of carbonyl (C=O) groups excluding carboxylic acids is 1. The second-order valence-electron chi connectivity index (χ2n) is 6.02. The molecule has 0 aromatic rings. The largest absolute Gasteiger partial charge is 0.481 e. The number of nitrogens with zero attached hydrogens (tertiary/aromatic N) is 2. The lowest BCUT2D eigenvalue weighted by molar-refractivity contribution is -0.148. The summed E-state index contributed by atoms with van der Waals surface area (Å²) < 4.78 is 5.85. The van der Waals surface area contributed by atoms with Crippen molar-refractivity contribution in [3.05, 3.63) is 12.2 Å². The van der Waals surface area contributed by atoms with Crippen LogP contribution in [-0.2, 0) is 14.3 Å². The highest BCUT2D eigenvalue weighted by atomic mass is 16.5. The van der Waals surface area contributed by atoms with Crippen LogP contribution >= 0.6 is 0 Å². The summed E-state index contributed by atoms with van der Waals surface area (Å²) in [5, 5.41) is 9.38. The Balaban J connectivity index is 1.74. The van der Waals surface area contributed by atoms with E-state index in [9.17, 15) is 14.7 Å². The number of rotatable bonds is 6. The summed E-state index contributed by atoms with van der Waals surface area (Å²) in [6.07, 6.45) is 3.26. The van der Waals surface area contributed by atoms with Crippen LogP contribution in [0.3, 0.4) is 0 Å². The van der Waals surface area contributed by atoms with E-state index >= 15 is 0 Å². The van der Waals surface area contributed by atoms with E-state index in [-0.39, 0.29) is 5.91 Å². The first-order valence-corrected chi connectivity index (χ1v) is 7.63. The van der Waals surface area contributed by atoms with E-state index in [2.05, 4.69) is 18.7 Å². The van der Waals surface area contributed by atoms with Crippen LogP contribution in [0.15, 0.2) is 12.2 Å². The van der Waals surface area contributed by atoms with Gasteiger partial charge < -0.3 is 19.6 Å².